The van der Waals surface area contributed by atoms with E-state index in [4.69, 9.17) is 14.5 Å². The van der Waals surface area contributed by atoms with E-state index in [1.165, 1.54) is 0 Å². The number of piperidine rings is 1. The number of para-hydroxylation sites is 1. The minimum absolute atomic E-state index is 0. The SMILES string of the molecule is CCNC(=NCCNc1ccc2ccccc2n1)N1CCC(OCCCOC)CC1.I. The predicted octanol–water partition coefficient (Wildman–Crippen LogP) is 3.75. The smallest absolute Gasteiger partial charge is 0.193 e. The predicted molar refractivity (Wildman–Crippen MR) is 139 cm³/mol. The number of hydrogen-bond donors (Lipinski definition) is 2. The van der Waals surface area contributed by atoms with Gasteiger partial charge in [0.25, 0.3) is 0 Å². The number of methoxy groups -OCH3 is 1. The molecule has 1 aromatic carbocycles. The van der Waals surface area contributed by atoms with Gasteiger partial charge in [-0.05, 0) is 44.4 Å². The van der Waals surface area contributed by atoms with Gasteiger partial charge in [-0.15, -0.1) is 24.0 Å². The highest BCUT2D eigenvalue weighted by Gasteiger charge is 2.21. The molecule has 0 radical (unpaired) electrons. The zero-order valence-electron chi connectivity index (χ0n) is 18.7. The number of likely N-dealkylation sites (tertiary alicyclic amines) is 1. The number of hydrogen-bond acceptors (Lipinski definition) is 5. The first-order valence-electron chi connectivity index (χ1n) is 11.0. The molecule has 0 aliphatic carbocycles. The first-order chi connectivity index (χ1) is 14.8. The fourth-order valence-corrected chi connectivity index (χ4v) is 3.62. The van der Waals surface area contributed by atoms with E-state index >= 15 is 0 Å². The molecule has 1 aromatic heterocycles. The van der Waals surface area contributed by atoms with E-state index in [0.717, 1.165) is 81.3 Å². The Bertz CT molecular complexity index is 796. The van der Waals surface area contributed by atoms with Crippen LogP contribution >= 0.6 is 24.0 Å². The zero-order valence-corrected chi connectivity index (χ0v) is 21.0. The summed E-state index contributed by atoms with van der Waals surface area (Å²) in [6.07, 6.45) is 3.38. The molecule has 2 aromatic rings. The molecule has 0 bridgehead atoms. The summed E-state index contributed by atoms with van der Waals surface area (Å²) in [5.41, 5.74) is 1.01. The maximum atomic E-state index is 5.97. The van der Waals surface area contributed by atoms with Gasteiger partial charge in [0.05, 0.1) is 18.2 Å². The molecule has 0 atom stereocenters. The lowest BCUT2D eigenvalue weighted by atomic mass is 10.1. The highest BCUT2D eigenvalue weighted by Crippen LogP contribution is 2.15. The number of pyridine rings is 1. The summed E-state index contributed by atoms with van der Waals surface area (Å²) in [5.74, 6) is 1.88. The molecule has 31 heavy (non-hydrogen) atoms. The van der Waals surface area contributed by atoms with E-state index in [2.05, 4.69) is 39.6 Å². The van der Waals surface area contributed by atoms with Crippen molar-refractivity contribution in [1.29, 1.82) is 0 Å². The van der Waals surface area contributed by atoms with Crippen molar-refractivity contribution in [2.45, 2.75) is 32.3 Å². The summed E-state index contributed by atoms with van der Waals surface area (Å²) >= 11 is 0. The van der Waals surface area contributed by atoms with Crippen molar-refractivity contribution in [2.24, 2.45) is 4.99 Å². The van der Waals surface area contributed by atoms with E-state index in [1.807, 2.05) is 24.3 Å². The van der Waals surface area contributed by atoms with Crippen LogP contribution in [0, 0.1) is 0 Å². The number of aromatic nitrogens is 1. The number of aliphatic imine (C=N–C) groups is 1. The Morgan fingerprint density at radius 1 is 1.16 bits per heavy atom. The quantitative estimate of drug-likeness (QED) is 0.207. The van der Waals surface area contributed by atoms with Gasteiger partial charge >= 0.3 is 0 Å². The first-order valence-corrected chi connectivity index (χ1v) is 11.0. The van der Waals surface area contributed by atoms with Crippen LogP contribution in [0.4, 0.5) is 5.82 Å². The minimum Gasteiger partial charge on any atom is -0.385 e. The van der Waals surface area contributed by atoms with Crippen molar-refractivity contribution in [2.75, 3.05) is 58.4 Å². The first kappa shape index (κ1) is 25.6. The van der Waals surface area contributed by atoms with E-state index < -0.39 is 0 Å². The third kappa shape index (κ3) is 8.42. The average molecular weight is 541 g/mol. The highest BCUT2D eigenvalue weighted by atomic mass is 127. The van der Waals surface area contributed by atoms with Crippen LogP contribution < -0.4 is 10.6 Å². The molecule has 2 N–H and O–H groups in total. The molecule has 172 valence electrons. The molecule has 3 rings (SSSR count). The summed E-state index contributed by atoms with van der Waals surface area (Å²) in [4.78, 5) is 11.8. The van der Waals surface area contributed by atoms with Gasteiger partial charge in [0.1, 0.15) is 5.82 Å². The molecule has 2 heterocycles. The van der Waals surface area contributed by atoms with Crippen LogP contribution in [-0.4, -0.2) is 75.0 Å². The van der Waals surface area contributed by atoms with E-state index in [9.17, 15) is 0 Å². The molecule has 1 saturated heterocycles. The third-order valence-corrected chi connectivity index (χ3v) is 5.20. The number of ether oxygens (including phenoxy) is 2. The Hall–Kier alpha value is -1.65. The minimum atomic E-state index is 0. The van der Waals surface area contributed by atoms with Gasteiger partial charge in [-0.2, -0.15) is 0 Å². The van der Waals surface area contributed by atoms with Gasteiger partial charge < -0.3 is 25.0 Å². The van der Waals surface area contributed by atoms with Gasteiger partial charge in [0, 0.05) is 51.9 Å². The maximum Gasteiger partial charge on any atom is 0.193 e. The van der Waals surface area contributed by atoms with Gasteiger partial charge in [-0.1, -0.05) is 18.2 Å². The van der Waals surface area contributed by atoms with Crippen LogP contribution in [-0.2, 0) is 9.47 Å². The lowest BCUT2D eigenvalue weighted by Gasteiger charge is -2.34. The Balaban J connectivity index is 0.00000341. The molecule has 0 unspecified atom stereocenters. The molecule has 0 amide bonds. The number of fused-ring (bicyclic) bond motifs is 1. The molecule has 0 saturated carbocycles. The monoisotopic (exact) mass is 541 g/mol. The van der Waals surface area contributed by atoms with Crippen LogP contribution in [0.15, 0.2) is 41.4 Å². The van der Waals surface area contributed by atoms with Crippen molar-refractivity contribution in [3.05, 3.63) is 36.4 Å². The van der Waals surface area contributed by atoms with Gasteiger partial charge in [0.2, 0.25) is 0 Å². The van der Waals surface area contributed by atoms with Crippen molar-refractivity contribution >= 4 is 46.7 Å². The summed E-state index contributed by atoms with van der Waals surface area (Å²) in [5, 5.41) is 7.96. The lowest BCUT2D eigenvalue weighted by Crippen LogP contribution is -2.47. The Morgan fingerprint density at radius 3 is 2.74 bits per heavy atom. The van der Waals surface area contributed by atoms with Crippen molar-refractivity contribution in [1.82, 2.24) is 15.2 Å². The number of nitrogens with zero attached hydrogens (tertiary/aromatic N) is 3. The fraction of sp³-hybridized carbons (Fsp3) is 0.565. The average Bonchev–Trinajstić information content (AvgIpc) is 2.79. The number of guanidine groups is 1. The maximum absolute atomic E-state index is 5.97. The molecule has 1 fully saturated rings. The number of halogens is 1. The fourth-order valence-electron chi connectivity index (χ4n) is 3.62. The summed E-state index contributed by atoms with van der Waals surface area (Å²) in [6.45, 7) is 7.91. The van der Waals surface area contributed by atoms with Crippen LogP contribution in [0.5, 0.6) is 0 Å². The number of anilines is 1. The third-order valence-electron chi connectivity index (χ3n) is 5.20. The van der Waals surface area contributed by atoms with Gasteiger partial charge in [0.15, 0.2) is 5.96 Å². The van der Waals surface area contributed by atoms with Crippen molar-refractivity contribution < 1.29 is 9.47 Å². The van der Waals surface area contributed by atoms with E-state index in [-0.39, 0.29) is 24.0 Å². The highest BCUT2D eigenvalue weighted by molar-refractivity contribution is 14.0. The second-order valence-corrected chi connectivity index (χ2v) is 7.46. The van der Waals surface area contributed by atoms with E-state index in [1.54, 1.807) is 7.11 Å². The largest absolute Gasteiger partial charge is 0.385 e. The number of benzene rings is 1. The van der Waals surface area contributed by atoms with E-state index in [0.29, 0.717) is 12.6 Å². The second kappa shape index (κ2) is 14.4. The molecule has 1 aliphatic heterocycles. The van der Waals surface area contributed by atoms with Crippen molar-refractivity contribution in [3.8, 4) is 0 Å². The van der Waals surface area contributed by atoms with Gasteiger partial charge in [-0.25, -0.2) is 4.98 Å². The molecule has 7 nitrogen and oxygen atoms in total. The molecule has 8 heteroatoms. The summed E-state index contributed by atoms with van der Waals surface area (Å²) in [7, 11) is 1.73. The standard InChI is InChI=1S/C23H35N5O2.HI/c1-3-24-23(28-15-11-20(12-16-28)30-18-6-17-29-2)26-14-13-25-22-10-9-19-7-4-5-8-21(19)27-22;/h4-5,7-10,20H,3,6,11-18H2,1-2H3,(H,24,26)(H,25,27);1H. The molecule has 1 aliphatic rings. The summed E-state index contributed by atoms with van der Waals surface area (Å²) in [6, 6.07) is 12.3. The summed E-state index contributed by atoms with van der Waals surface area (Å²) < 4.78 is 11.0. The van der Waals surface area contributed by atoms with Crippen LogP contribution in [0.2, 0.25) is 0 Å². The van der Waals surface area contributed by atoms with Crippen LogP contribution in [0.3, 0.4) is 0 Å². The number of rotatable bonds is 10. The zero-order chi connectivity index (χ0) is 21.0. The lowest BCUT2D eigenvalue weighted by molar-refractivity contribution is 0.00991. The van der Waals surface area contributed by atoms with Crippen LogP contribution in [0.25, 0.3) is 10.9 Å². The van der Waals surface area contributed by atoms with Crippen molar-refractivity contribution in [3.63, 3.8) is 0 Å². The molecule has 0 spiro atoms. The normalized spacial score (nSPS) is 15.0. The molecular weight excluding hydrogens is 505 g/mol. The number of nitrogens with one attached hydrogen (secondary N) is 2. The second-order valence-electron chi connectivity index (χ2n) is 7.46. The Labute approximate surface area is 203 Å². The topological polar surface area (TPSA) is 71.0 Å². The Morgan fingerprint density at radius 2 is 1.97 bits per heavy atom. The van der Waals surface area contributed by atoms with Gasteiger partial charge in [-0.3, -0.25) is 4.99 Å². The van der Waals surface area contributed by atoms with Crippen LogP contribution in [0.1, 0.15) is 26.2 Å². The Kier molecular flexibility index (Phi) is 11.9. The molecular formula is C23H36IN5O2.